The Morgan fingerprint density at radius 3 is 2.37 bits per heavy atom. The van der Waals surface area contributed by atoms with Crippen LogP contribution < -0.4 is 15.9 Å². The summed E-state index contributed by atoms with van der Waals surface area (Å²) in [6.07, 6.45) is -5.36. The van der Waals surface area contributed by atoms with E-state index in [1.807, 2.05) is 18.7 Å². The van der Waals surface area contributed by atoms with E-state index in [0.29, 0.717) is 19.2 Å². The molecule has 1 aromatic heterocycles. The molecule has 3 aromatic rings. The summed E-state index contributed by atoms with van der Waals surface area (Å²) in [5.74, 6) is -1.65. The van der Waals surface area contributed by atoms with E-state index in [1.54, 1.807) is 0 Å². The first kappa shape index (κ1) is 27.2. The highest BCUT2D eigenvalue weighted by molar-refractivity contribution is 8.17. The number of aromatic nitrogens is 2. The summed E-state index contributed by atoms with van der Waals surface area (Å²) in [6.45, 7) is 4.76. The molecule has 4 unspecified atom stereocenters. The van der Waals surface area contributed by atoms with Gasteiger partial charge in [0, 0.05) is 59.3 Å². The van der Waals surface area contributed by atoms with Crippen molar-refractivity contribution in [2.24, 2.45) is 0 Å². The van der Waals surface area contributed by atoms with Crippen LogP contribution in [0.3, 0.4) is 0 Å². The molecule has 1 saturated heterocycles. The summed E-state index contributed by atoms with van der Waals surface area (Å²) in [4.78, 5) is 19.6. The average Bonchev–Trinajstić information content (AvgIpc) is 3.00. The average molecular weight is 577 g/mol. The molecule has 206 valence electrons. The molecule has 13 heteroatoms. The molecule has 6 nitrogen and oxygen atoms in total. The van der Waals surface area contributed by atoms with Gasteiger partial charge in [0.1, 0.15) is 17.5 Å². The summed E-state index contributed by atoms with van der Waals surface area (Å²) in [5, 5.41) is 3.16. The molecule has 0 amide bonds. The van der Waals surface area contributed by atoms with Crippen LogP contribution in [0.25, 0.3) is 10.9 Å². The minimum Gasteiger partial charge on any atom is -0.379 e. The molecule has 0 saturated carbocycles. The van der Waals surface area contributed by atoms with Gasteiger partial charge in [-0.1, -0.05) is 11.6 Å². The highest BCUT2D eigenvalue weighted by atomic mass is 35.5. The molecule has 1 N–H and O–H groups in total. The van der Waals surface area contributed by atoms with Crippen molar-refractivity contribution in [1.82, 2.24) is 14.9 Å². The standard InChI is InChI=1S/C25H26ClF5N4O2S/c1-12-8-34(9-13(2)32-12)23-16-4-14(25(29,30)31)5-21-22(16)35(24(36)33-23)10-15(37-3)11-38(21)20-6-17(26)18(27)7-19(20)28/h4-7,12-13,15,32,38H,8-11H2,1-3H3. The molecule has 4 atom stereocenters. The lowest BCUT2D eigenvalue weighted by Gasteiger charge is -2.37. The number of nitrogens with one attached hydrogen (secondary N) is 1. The Morgan fingerprint density at radius 2 is 1.74 bits per heavy atom. The molecule has 1 fully saturated rings. The molecule has 5 rings (SSSR count). The maximum atomic E-state index is 15.2. The third-order valence-corrected chi connectivity index (χ3v) is 9.80. The topological polar surface area (TPSA) is 59.4 Å². The maximum Gasteiger partial charge on any atom is 0.416 e. The highest BCUT2D eigenvalue weighted by Crippen LogP contribution is 2.53. The summed E-state index contributed by atoms with van der Waals surface area (Å²) in [7, 11) is -0.472. The van der Waals surface area contributed by atoms with Crippen molar-refractivity contribution in [3.63, 3.8) is 0 Å². The van der Waals surface area contributed by atoms with Crippen LogP contribution in [-0.4, -0.2) is 53.7 Å². The number of alkyl halides is 3. The van der Waals surface area contributed by atoms with Crippen LogP contribution in [0.4, 0.5) is 27.8 Å². The maximum absolute atomic E-state index is 15.2. The summed E-state index contributed by atoms with van der Waals surface area (Å²) in [6, 6.07) is 3.72. The monoisotopic (exact) mass is 576 g/mol. The summed E-state index contributed by atoms with van der Waals surface area (Å²) < 4.78 is 78.7. The van der Waals surface area contributed by atoms with Crippen molar-refractivity contribution in [3.8, 4) is 0 Å². The molecule has 2 aliphatic rings. The Morgan fingerprint density at radius 1 is 1.05 bits per heavy atom. The van der Waals surface area contributed by atoms with Gasteiger partial charge in [-0.25, -0.2) is 13.6 Å². The van der Waals surface area contributed by atoms with Gasteiger partial charge in [-0.2, -0.15) is 29.1 Å². The van der Waals surface area contributed by atoms with Crippen LogP contribution in [0.1, 0.15) is 19.4 Å². The third kappa shape index (κ3) is 4.87. The van der Waals surface area contributed by atoms with Crippen LogP contribution in [0, 0.1) is 11.6 Å². The van der Waals surface area contributed by atoms with E-state index in [1.165, 1.54) is 11.7 Å². The molecular formula is C25H26ClF5N4O2S. The van der Waals surface area contributed by atoms with E-state index in [2.05, 4.69) is 10.3 Å². The first-order chi connectivity index (χ1) is 17.9. The quantitative estimate of drug-likeness (QED) is 0.262. The Bertz CT molecular complexity index is 1460. The molecule has 3 heterocycles. The first-order valence-corrected chi connectivity index (χ1v) is 13.9. The van der Waals surface area contributed by atoms with Gasteiger partial charge in [0.25, 0.3) is 0 Å². The predicted molar refractivity (Wildman–Crippen MR) is 138 cm³/mol. The second-order valence-corrected chi connectivity index (χ2v) is 12.4. The minimum absolute atomic E-state index is 0.00410. The molecule has 0 aliphatic carbocycles. The van der Waals surface area contributed by atoms with E-state index in [0.717, 1.165) is 18.2 Å². The number of halogens is 6. The van der Waals surface area contributed by atoms with Gasteiger partial charge in [-0.3, -0.25) is 4.57 Å². The zero-order chi connectivity index (χ0) is 27.5. The van der Waals surface area contributed by atoms with E-state index >= 15 is 4.39 Å². The molecule has 0 radical (unpaired) electrons. The number of thiol groups is 1. The number of hydrogen-bond donors (Lipinski definition) is 2. The summed E-state index contributed by atoms with van der Waals surface area (Å²) >= 11 is 5.98. The Balaban J connectivity index is 1.87. The predicted octanol–water partition coefficient (Wildman–Crippen LogP) is 4.98. The number of hydrogen-bond acceptors (Lipinski definition) is 5. The van der Waals surface area contributed by atoms with Crippen molar-refractivity contribution in [3.05, 3.63) is 57.0 Å². The van der Waals surface area contributed by atoms with Crippen molar-refractivity contribution < 1.29 is 26.7 Å². The highest BCUT2D eigenvalue weighted by Gasteiger charge is 2.37. The molecule has 2 aromatic carbocycles. The van der Waals surface area contributed by atoms with Gasteiger partial charge < -0.3 is 15.0 Å². The van der Waals surface area contributed by atoms with Crippen LogP contribution in [0.5, 0.6) is 0 Å². The van der Waals surface area contributed by atoms with Crippen LogP contribution in [-0.2, 0) is 17.5 Å². The van der Waals surface area contributed by atoms with Gasteiger partial charge in [-0.05, 0) is 32.0 Å². The Kier molecular flexibility index (Phi) is 7.12. The van der Waals surface area contributed by atoms with Crippen molar-refractivity contribution >= 4 is 39.2 Å². The largest absolute Gasteiger partial charge is 0.416 e. The van der Waals surface area contributed by atoms with E-state index < -0.39 is 46.1 Å². The molecular weight excluding hydrogens is 551 g/mol. The number of rotatable bonds is 3. The number of piperazine rings is 1. The fraction of sp³-hybridized carbons (Fsp3) is 0.440. The third-order valence-electron chi connectivity index (χ3n) is 6.89. The van der Waals surface area contributed by atoms with Gasteiger partial charge >= 0.3 is 11.9 Å². The van der Waals surface area contributed by atoms with Crippen LogP contribution in [0.2, 0.25) is 5.02 Å². The second kappa shape index (κ2) is 9.96. The Labute approximate surface area is 223 Å². The molecule has 0 spiro atoms. The fourth-order valence-electron chi connectivity index (χ4n) is 5.32. The number of anilines is 1. The normalized spacial score (nSPS) is 25.0. The zero-order valence-corrected chi connectivity index (χ0v) is 22.4. The molecule has 38 heavy (non-hydrogen) atoms. The lowest BCUT2D eigenvalue weighted by Crippen LogP contribution is -2.55. The van der Waals surface area contributed by atoms with Gasteiger partial charge in [0.15, 0.2) is 0 Å². The van der Waals surface area contributed by atoms with Crippen molar-refractivity contribution in [2.45, 2.75) is 54.5 Å². The van der Waals surface area contributed by atoms with Gasteiger partial charge in [0.2, 0.25) is 0 Å². The van der Waals surface area contributed by atoms with Gasteiger partial charge in [-0.15, -0.1) is 0 Å². The van der Waals surface area contributed by atoms with E-state index in [9.17, 15) is 22.4 Å². The lowest BCUT2D eigenvalue weighted by atomic mass is 10.1. The molecule has 0 bridgehead atoms. The first-order valence-electron chi connectivity index (χ1n) is 12.0. The smallest absolute Gasteiger partial charge is 0.379 e. The summed E-state index contributed by atoms with van der Waals surface area (Å²) in [5.41, 5.74) is -1.33. The Hall–Kier alpha value is -2.41. The number of ether oxygens (including phenoxy) is 1. The van der Waals surface area contributed by atoms with Crippen LogP contribution in [0.15, 0.2) is 38.9 Å². The molecule has 2 aliphatic heterocycles. The minimum atomic E-state index is -4.72. The van der Waals surface area contributed by atoms with Gasteiger partial charge in [0.05, 0.1) is 28.8 Å². The van der Waals surface area contributed by atoms with Crippen molar-refractivity contribution in [1.29, 1.82) is 0 Å². The SMILES string of the molecule is COC1Cn2c(=O)nc(N3CC(C)NC(C)C3)c3cc(C(F)(F)F)cc(c32)[SH](c2cc(Cl)c(F)cc2F)C1. The number of nitrogens with zero attached hydrogens (tertiary/aromatic N) is 3. The lowest BCUT2D eigenvalue weighted by molar-refractivity contribution is -0.137. The van der Waals surface area contributed by atoms with E-state index in [-0.39, 0.29) is 55.9 Å². The zero-order valence-electron chi connectivity index (χ0n) is 20.7. The number of methoxy groups -OCH3 is 1. The van der Waals surface area contributed by atoms with Crippen LogP contribution >= 0.6 is 22.5 Å². The van der Waals surface area contributed by atoms with E-state index in [4.69, 9.17) is 16.3 Å². The second-order valence-electron chi connectivity index (χ2n) is 9.78. The number of benzene rings is 2. The fourth-order valence-corrected chi connectivity index (χ4v) is 8.28. The van der Waals surface area contributed by atoms with Crippen molar-refractivity contribution in [2.75, 3.05) is 30.9 Å².